The minimum Gasteiger partial charge on any atom is -0.0749 e. The topological polar surface area (TPSA) is 0 Å². The van der Waals surface area contributed by atoms with Crippen molar-refractivity contribution in [1.82, 2.24) is 0 Å². The third-order valence-corrected chi connectivity index (χ3v) is 10.2. The first-order valence-corrected chi connectivity index (χ1v) is 12.2. The van der Waals surface area contributed by atoms with E-state index in [0.717, 1.165) is 6.42 Å². The Morgan fingerprint density at radius 3 is 1.92 bits per heavy atom. The molecule has 0 radical (unpaired) electrons. The second-order valence-corrected chi connectivity index (χ2v) is 12.5. The zero-order valence-electron chi connectivity index (χ0n) is 14.8. The van der Waals surface area contributed by atoms with Crippen molar-refractivity contribution in [2.45, 2.75) is 25.1 Å². The van der Waals surface area contributed by atoms with Crippen LogP contribution in [0.15, 0.2) is 78.0 Å². The van der Waals surface area contributed by atoms with Crippen LogP contribution in [0, 0.1) is 0 Å². The first kappa shape index (κ1) is 14.9. The molecule has 3 aromatic carbocycles. The predicted octanol–water partition coefficient (Wildman–Crippen LogP) is 6.23. The molecule has 2 aliphatic rings. The average Bonchev–Trinajstić information content (AvgIpc) is 3.22. The van der Waals surface area contributed by atoms with Gasteiger partial charge in [-0.3, -0.25) is 0 Å². The van der Waals surface area contributed by atoms with Crippen LogP contribution in [0.25, 0.3) is 17.2 Å². The molecule has 0 N–H and O–H groups in total. The Morgan fingerprint density at radius 2 is 1.28 bits per heavy atom. The predicted molar refractivity (Wildman–Crippen MR) is 109 cm³/mol. The van der Waals surface area contributed by atoms with Gasteiger partial charge in [0.2, 0.25) is 0 Å². The molecule has 0 amide bonds. The van der Waals surface area contributed by atoms with Gasteiger partial charge in [-0.1, -0.05) is 97.2 Å². The highest BCUT2D eigenvalue weighted by atomic mass is 28.3. The Hall–Kier alpha value is -2.38. The molecule has 25 heavy (non-hydrogen) atoms. The number of fused-ring (bicyclic) bond motifs is 4. The van der Waals surface area contributed by atoms with E-state index in [4.69, 9.17) is 0 Å². The van der Waals surface area contributed by atoms with Crippen molar-refractivity contribution in [3.05, 3.63) is 100 Å². The average molecular weight is 339 g/mol. The summed E-state index contributed by atoms with van der Waals surface area (Å²) in [7, 11) is -1.68. The maximum atomic E-state index is 2.56. The zero-order valence-corrected chi connectivity index (χ0v) is 15.8. The third-order valence-electron chi connectivity index (χ3n) is 6.15. The van der Waals surface area contributed by atoms with Crippen molar-refractivity contribution in [2.75, 3.05) is 0 Å². The van der Waals surface area contributed by atoms with Gasteiger partial charge in [-0.25, -0.2) is 0 Å². The van der Waals surface area contributed by atoms with Crippen LogP contribution in [0.4, 0.5) is 0 Å². The smallest absolute Gasteiger partial charge is 0.0749 e. The second kappa shape index (κ2) is 5.31. The van der Waals surface area contributed by atoms with Crippen molar-refractivity contribution in [3.8, 4) is 11.1 Å². The normalized spacial score (nSPS) is 15.5. The van der Waals surface area contributed by atoms with E-state index in [1.165, 1.54) is 33.4 Å². The van der Waals surface area contributed by atoms with Gasteiger partial charge in [-0.2, -0.15) is 0 Å². The standard InChI is InChI=1S/C24H22Si/c1-25(2,19-15-17-9-3-4-10-18(17)16-19)24-22-13-7-5-11-20(22)21-12-6-8-14-23(21)24/h3-15,24H,16H2,1-2H3. The monoisotopic (exact) mass is 338 g/mol. The van der Waals surface area contributed by atoms with Gasteiger partial charge in [0.25, 0.3) is 0 Å². The molecule has 0 saturated heterocycles. The van der Waals surface area contributed by atoms with Gasteiger partial charge in [0.1, 0.15) is 0 Å². The molecule has 3 aromatic rings. The molecule has 0 saturated carbocycles. The minimum atomic E-state index is -1.68. The molecule has 0 aromatic heterocycles. The Labute approximate surface area is 150 Å². The first-order chi connectivity index (χ1) is 12.2. The number of allylic oxidation sites excluding steroid dienone is 1. The van der Waals surface area contributed by atoms with Gasteiger partial charge in [0, 0.05) is 5.54 Å². The van der Waals surface area contributed by atoms with E-state index in [0.29, 0.717) is 5.54 Å². The third kappa shape index (κ3) is 2.12. The van der Waals surface area contributed by atoms with Crippen LogP contribution in [-0.2, 0) is 6.42 Å². The largest absolute Gasteiger partial charge is 0.0881 e. The summed E-state index contributed by atoms with van der Waals surface area (Å²) in [5.74, 6) is 0. The van der Waals surface area contributed by atoms with Gasteiger partial charge < -0.3 is 0 Å². The van der Waals surface area contributed by atoms with Crippen LogP contribution < -0.4 is 0 Å². The maximum absolute atomic E-state index is 2.56. The molecule has 0 atom stereocenters. The van der Waals surface area contributed by atoms with E-state index in [9.17, 15) is 0 Å². The van der Waals surface area contributed by atoms with Crippen LogP contribution in [0.2, 0.25) is 13.1 Å². The van der Waals surface area contributed by atoms with Crippen molar-refractivity contribution in [1.29, 1.82) is 0 Å². The highest BCUT2D eigenvalue weighted by Crippen LogP contribution is 2.51. The second-order valence-electron chi connectivity index (χ2n) is 7.87. The Kier molecular flexibility index (Phi) is 3.17. The van der Waals surface area contributed by atoms with Crippen LogP contribution >= 0.6 is 0 Å². The van der Waals surface area contributed by atoms with Crippen molar-refractivity contribution < 1.29 is 0 Å². The fourth-order valence-electron chi connectivity index (χ4n) is 4.81. The first-order valence-electron chi connectivity index (χ1n) is 9.13. The van der Waals surface area contributed by atoms with E-state index >= 15 is 0 Å². The molecule has 0 spiro atoms. The highest BCUT2D eigenvalue weighted by molar-refractivity contribution is 6.87. The zero-order chi connectivity index (χ0) is 17.0. The SMILES string of the molecule is C[Si](C)(C1=Cc2ccccc2C1)C1c2ccccc2-c2ccccc21. The van der Waals surface area contributed by atoms with Crippen molar-refractivity contribution in [3.63, 3.8) is 0 Å². The van der Waals surface area contributed by atoms with Crippen molar-refractivity contribution in [2.24, 2.45) is 0 Å². The van der Waals surface area contributed by atoms with Crippen LogP contribution in [0.3, 0.4) is 0 Å². The number of hydrogen-bond acceptors (Lipinski definition) is 0. The number of benzene rings is 3. The molecule has 0 heterocycles. The Balaban J connectivity index is 1.66. The lowest BCUT2D eigenvalue weighted by atomic mass is 10.1. The molecule has 0 unspecified atom stereocenters. The summed E-state index contributed by atoms with van der Waals surface area (Å²) in [6.45, 7) is 5.13. The van der Waals surface area contributed by atoms with Gasteiger partial charge >= 0.3 is 0 Å². The lowest BCUT2D eigenvalue weighted by Crippen LogP contribution is -2.37. The summed E-state index contributed by atoms with van der Waals surface area (Å²) in [6.07, 6.45) is 3.63. The maximum Gasteiger partial charge on any atom is 0.0881 e. The van der Waals surface area contributed by atoms with Crippen molar-refractivity contribution >= 4 is 14.1 Å². The Bertz CT molecular complexity index is 964. The fourth-order valence-corrected chi connectivity index (χ4v) is 8.42. The Morgan fingerprint density at radius 1 is 0.720 bits per heavy atom. The summed E-state index contributed by atoms with van der Waals surface area (Å²) in [5.41, 5.74) is 9.45. The molecule has 5 rings (SSSR count). The van der Waals surface area contributed by atoms with E-state index in [1.807, 2.05) is 0 Å². The summed E-state index contributed by atoms with van der Waals surface area (Å²) >= 11 is 0. The molecule has 122 valence electrons. The fraction of sp³-hybridized carbons (Fsp3) is 0.167. The summed E-state index contributed by atoms with van der Waals surface area (Å²) < 4.78 is 0. The van der Waals surface area contributed by atoms with Crippen LogP contribution in [0.1, 0.15) is 27.8 Å². The lowest BCUT2D eigenvalue weighted by Gasteiger charge is -2.33. The van der Waals surface area contributed by atoms with Crippen LogP contribution in [-0.4, -0.2) is 8.07 Å². The quantitative estimate of drug-likeness (QED) is 0.486. The van der Waals surface area contributed by atoms with E-state index < -0.39 is 8.07 Å². The van der Waals surface area contributed by atoms with Gasteiger partial charge in [0.15, 0.2) is 0 Å². The molecular weight excluding hydrogens is 316 g/mol. The number of rotatable bonds is 2. The summed E-state index contributed by atoms with van der Waals surface area (Å²) in [4.78, 5) is 0. The van der Waals surface area contributed by atoms with Gasteiger partial charge in [0.05, 0.1) is 8.07 Å². The molecule has 0 bridgehead atoms. The minimum absolute atomic E-state index is 0.556. The summed E-state index contributed by atoms with van der Waals surface area (Å²) in [5, 5.41) is 1.69. The molecule has 0 nitrogen and oxygen atoms in total. The van der Waals surface area contributed by atoms with Gasteiger partial charge in [-0.15, -0.1) is 0 Å². The molecular formula is C24H22Si. The van der Waals surface area contributed by atoms with E-state index in [1.54, 1.807) is 5.20 Å². The molecule has 2 aliphatic carbocycles. The number of hydrogen-bond donors (Lipinski definition) is 0. The lowest BCUT2D eigenvalue weighted by molar-refractivity contribution is 1.10. The molecule has 1 heteroatoms. The van der Waals surface area contributed by atoms with Gasteiger partial charge in [-0.05, 0) is 39.8 Å². The molecule has 0 fully saturated rings. The van der Waals surface area contributed by atoms with Crippen LogP contribution in [0.5, 0.6) is 0 Å². The summed E-state index contributed by atoms with van der Waals surface area (Å²) in [6, 6.07) is 27.0. The highest BCUT2D eigenvalue weighted by Gasteiger charge is 2.43. The molecule has 0 aliphatic heterocycles. The van der Waals surface area contributed by atoms with E-state index in [2.05, 4.69) is 92.0 Å². The van der Waals surface area contributed by atoms with E-state index in [-0.39, 0.29) is 0 Å².